The van der Waals surface area contributed by atoms with Gasteiger partial charge in [0.2, 0.25) is 0 Å². The lowest BCUT2D eigenvalue weighted by molar-refractivity contribution is 0.553. The SMILES string of the molecule is CC[C@@H]([C@@H](N)c1cccc(C)c1)S(C)(=O)=O. The standard InChI is InChI=1S/C12H19NO2S/c1-4-11(16(3,14)15)12(13)10-7-5-6-9(2)8-10/h5-8,11-12H,4,13H2,1-3H3/t11-,12-/m0/s1. The second kappa shape index (κ2) is 4.97. The zero-order chi connectivity index (χ0) is 12.3. The molecule has 0 spiro atoms. The second-order valence-corrected chi connectivity index (χ2v) is 6.48. The molecule has 3 nitrogen and oxygen atoms in total. The molecule has 16 heavy (non-hydrogen) atoms. The van der Waals surface area contributed by atoms with Gasteiger partial charge in [0.1, 0.15) is 0 Å². The average molecular weight is 241 g/mol. The fourth-order valence-electron chi connectivity index (χ4n) is 1.92. The smallest absolute Gasteiger partial charge is 0.152 e. The van der Waals surface area contributed by atoms with Crippen LogP contribution in [0.4, 0.5) is 0 Å². The molecule has 0 unspecified atom stereocenters. The first-order valence-corrected chi connectivity index (χ1v) is 7.32. The van der Waals surface area contributed by atoms with E-state index in [0.717, 1.165) is 11.1 Å². The first kappa shape index (κ1) is 13.2. The number of rotatable bonds is 4. The van der Waals surface area contributed by atoms with Crippen LogP contribution in [0.1, 0.15) is 30.5 Å². The molecular formula is C12H19NO2S. The van der Waals surface area contributed by atoms with Crippen molar-refractivity contribution in [3.63, 3.8) is 0 Å². The monoisotopic (exact) mass is 241 g/mol. The molecule has 0 aliphatic rings. The van der Waals surface area contributed by atoms with Crippen LogP contribution in [0.5, 0.6) is 0 Å². The summed E-state index contributed by atoms with van der Waals surface area (Å²) in [6.07, 6.45) is 1.78. The number of nitrogens with two attached hydrogens (primary N) is 1. The lowest BCUT2D eigenvalue weighted by atomic mass is 10.0. The molecule has 0 bridgehead atoms. The molecule has 0 aliphatic heterocycles. The van der Waals surface area contributed by atoms with Crippen molar-refractivity contribution in [2.75, 3.05) is 6.26 Å². The van der Waals surface area contributed by atoms with Crippen molar-refractivity contribution in [3.8, 4) is 0 Å². The molecule has 0 amide bonds. The van der Waals surface area contributed by atoms with Crippen LogP contribution in [-0.2, 0) is 9.84 Å². The molecule has 4 heteroatoms. The lowest BCUT2D eigenvalue weighted by Crippen LogP contribution is -2.32. The third-order valence-electron chi connectivity index (χ3n) is 2.78. The van der Waals surface area contributed by atoms with Crippen molar-refractivity contribution < 1.29 is 8.42 Å². The summed E-state index contributed by atoms with van der Waals surface area (Å²) in [5.74, 6) is 0. The van der Waals surface area contributed by atoms with E-state index < -0.39 is 21.1 Å². The third-order valence-corrected chi connectivity index (χ3v) is 4.51. The minimum absolute atomic E-state index is 0.445. The molecule has 1 aromatic rings. The number of hydrogen-bond acceptors (Lipinski definition) is 3. The third kappa shape index (κ3) is 3.06. The highest BCUT2D eigenvalue weighted by molar-refractivity contribution is 7.91. The van der Waals surface area contributed by atoms with Crippen LogP contribution in [0, 0.1) is 6.92 Å². The van der Waals surface area contributed by atoms with Crippen LogP contribution >= 0.6 is 0 Å². The summed E-state index contributed by atoms with van der Waals surface area (Å²) in [4.78, 5) is 0. The maximum absolute atomic E-state index is 11.6. The minimum atomic E-state index is -3.10. The molecule has 0 heterocycles. The van der Waals surface area contributed by atoms with Crippen molar-refractivity contribution in [1.82, 2.24) is 0 Å². The van der Waals surface area contributed by atoms with Gasteiger partial charge >= 0.3 is 0 Å². The minimum Gasteiger partial charge on any atom is -0.323 e. The van der Waals surface area contributed by atoms with Gasteiger partial charge < -0.3 is 5.73 Å². The van der Waals surface area contributed by atoms with Gasteiger partial charge in [-0.1, -0.05) is 36.8 Å². The Bertz CT molecular complexity index is 454. The molecule has 0 fully saturated rings. The van der Waals surface area contributed by atoms with Gasteiger partial charge in [-0.3, -0.25) is 0 Å². The summed E-state index contributed by atoms with van der Waals surface area (Å²) in [5, 5.41) is -0.505. The number of sulfone groups is 1. The Kier molecular flexibility index (Phi) is 4.10. The summed E-state index contributed by atoms with van der Waals surface area (Å²) in [6, 6.07) is 7.25. The highest BCUT2D eigenvalue weighted by atomic mass is 32.2. The zero-order valence-electron chi connectivity index (χ0n) is 9.97. The number of hydrogen-bond donors (Lipinski definition) is 1. The summed E-state index contributed by atoms with van der Waals surface area (Å²) in [6.45, 7) is 3.82. The van der Waals surface area contributed by atoms with E-state index in [2.05, 4.69) is 0 Å². The maximum atomic E-state index is 11.6. The predicted octanol–water partition coefficient (Wildman–Crippen LogP) is 1.82. The first-order valence-electron chi connectivity index (χ1n) is 5.37. The number of aryl methyl sites for hydroxylation is 1. The zero-order valence-corrected chi connectivity index (χ0v) is 10.8. The average Bonchev–Trinajstić information content (AvgIpc) is 2.16. The molecule has 0 aromatic heterocycles. The largest absolute Gasteiger partial charge is 0.323 e. The predicted molar refractivity (Wildman–Crippen MR) is 67.0 cm³/mol. The van der Waals surface area contributed by atoms with E-state index in [1.807, 2.05) is 38.1 Å². The quantitative estimate of drug-likeness (QED) is 0.874. The van der Waals surface area contributed by atoms with E-state index in [1.54, 1.807) is 0 Å². The molecule has 1 rings (SSSR count). The first-order chi connectivity index (χ1) is 7.36. The summed E-state index contributed by atoms with van der Waals surface area (Å²) in [7, 11) is -3.10. The molecular weight excluding hydrogens is 222 g/mol. The van der Waals surface area contributed by atoms with Gasteiger partial charge in [-0.2, -0.15) is 0 Å². The van der Waals surface area contributed by atoms with Crippen LogP contribution in [0.25, 0.3) is 0 Å². The molecule has 2 atom stereocenters. The van der Waals surface area contributed by atoms with Crippen LogP contribution in [0.2, 0.25) is 0 Å². The highest BCUT2D eigenvalue weighted by Gasteiger charge is 2.26. The highest BCUT2D eigenvalue weighted by Crippen LogP contribution is 2.22. The Hall–Kier alpha value is -0.870. The van der Waals surface area contributed by atoms with E-state index in [-0.39, 0.29) is 0 Å². The van der Waals surface area contributed by atoms with Crippen molar-refractivity contribution in [3.05, 3.63) is 35.4 Å². The Morgan fingerprint density at radius 1 is 1.38 bits per heavy atom. The summed E-state index contributed by atoms with van der Waals surface area (Å²) >= 11 is 0. The van der Waals surface area contributed by atoms with Crippen molar-refractivity contribution in [1.29, 1.82) is 0 Å². The molecule has 2 N–H and O–H groups in total. The molecule has 0 aliphatic carbocycles. The molecule has 0 radical (unpaired) electrons. The van der Waals surface area contributed by atoms with Crippen molar-refractivity contribution >= 4 is 9.84 Å². The van der Waals surface area contributed by atoms with Gasteiger partial charge in [0.05, 0.1) is 5.25 Å². The number of benzene rings is 1. The Labute approximate surface area is 97.6 Å². The maximum Gasteiger partial charge on any atom is 0.152 e. The van der Waals surface area contributed by atoms with E-state index in [4.69, 9.17) is 5.73 Å². The normalized spacial score (nSPS) is 15.8. The van der Waals surface area contributed by atoms with Gasteiger partial charge in [-0.15, -0.1) is 0 Å². The molecule has 0 saturated carbocycles. The topological polar surface area (TPSA) is 60.2 Å². The van der Waals surface area contributed by atoms with E-state index in [0.29, 0.717) is 6.42 Å². The van der Waals surface area contributed by atoms with Gasteiger partial charge in [-0.05, 0) is 18.9 Å². The van der Waals surface area contributed by atoms with Crippen LogP contribution in [0.3, 0.4) is 0 Å². The Morgan fingerprint density at radius 2 is 2.00 bits per heavy atom. The fraction of sp³-hybridized carbons (Fsp3) is 0.500. The van der Waals surface area contributed by atoms with Crippen LogP contribution < -0.4 is 5.73 Å². The fourth-order valence-corrected chi connectivity index (χ4v) is 3.21. The second-order valence-electron chi connectivity index (χ2n) is 4.22. The van der Waals surface area contributed by atoms with Crippen molar-refractivity contribution in [2.24, 2.45) is 5.73 Å². The van der Waals surface area contributed by atoms with Crippen LogP contribution in [-0.4, -0.2) is 19.9 Å². The van der Waals surface area contributed by atoms with E-state index in [1.165, 1.54) is 6.26 Å². The van der Waals surface area contributed by atoms with E-state index >= 15 is 0 Å². The molecule has 1 aromatic carbocycles. The van der Waals surface area contributed by atoms with Crippen LogP contribution in [0.15, 0.2) is 24.3 Å². The Balaban J connectivity index is 3.05. The summed E-state index contributed by atoms with van der Waals surface area (Å²) in [5.41, 5.74) is 8.01. The van der Waals surface area contributed by atoms with E-state index in [9.17, 15) is 8.42 Å². The van der Waals surface area contributed by atoms with Gasteiger partial charge in [0.15, 0.2) is 9.84 Å². The van der Waals surface area contributed by atoms with Gasteiger partial charge in [0, 0.05) is 12.3 Å². The van der Waals surface area contributed by atoms with Gasteiger partial charge in [0.25, 0.3) is 0 Å². The summed E-state index contributed by atoms with van der Waals surface area (Å²) < 4.78 is 23.2. The molecule has 0 saturated heterocycles. The molecule has 90 valence electrons. The van der Waals surface area contributed by atoms with Gasteiger partial charge in [-0.25, -0.2) is 8.42 Å². The Morgan fingerprint density at radius 3 is 2.44 bits per heavy atom. The van der Waals surface area contributed by atoms with Crippen molar-refractivity contribution in [2.45, 2.75) is 31.6 Å². The lowest BCUT2D eigenvalue weighted by Gasteiger charge is -2.21.